The van der Waals surface area contributed by atoms with Crippen LogP contribution in [-0.4, -0.2) is 52.5 Å². The lowest BCUT2D eigenvalue weighted by molar-refractivity contribution is 0.0593. The molecule has 24 heavy (non-hydrogen) atoms. The Hall–Kier alpha value is -2.44. The number of halogens is 1. The van der Waals surface area contributed by atoms with E-state index >= 15 is 0 Å². The maximum absolute atomic E-state index is 11.7. The molecule has 3 heterocycles. The number of amides is 2. The van der Waals surface area contributed by atoms with Crippen LogP contribution >= 0.6 is 22.6 Å². The third-order valence-corrected chi connectivity index (χ3v) is 3.88. The molecule has 0 spiro atoms. The molecular formula is C13H14IN7O3. The predicted octanol–water partition coefficient (Wildman–Crippen LogP) is 0.967. The van der Waals surface area contributed by atoms with Crippen LogP contribution < -0.4 is 15.5 Å². The third kappa shape index (κ3) is 3.11. The molecule has 0 saturated heterocycles. The van der Waals surface area contributed by atoms with Gasteiger partial charge in [0.2, 0.25) is 0 Å². The molecule has 3 rings (SSSR count). The van der Waals surface area contributed by atoms with Gasteiger partial charge in [-0.05, 0) is 0 Å². The number of aromatic nitrogens is 4. The first-order valence-corrected chi connectivity index (χ1v) is 8.06. The average molecular weight is 443 g/mol. The molecule has 126 valence electrons. The lowest BCUT2D eigenvalue weighted by atomic mass is 10.3. The fraction of sp³-hybridized carbons (Fsp3) is 0.308. The number of rotatable bonds is 3. The highest BCUT2D eigenvalue weighted by atomic mass is 127. The second-order valence-electron chi connectivity index (χ2n) is 4.84. The van der Waals surface area contributed by atoms with Crippen LogP contribution in [0.25, 0.3) is 0 Å². The van der Waals surface area contributed by atoms with Crippen LogP contribution in [0.4, 0.5) is 22.2 Å². The molecular weight excluding hydrogens is 429 g/mol. The highest BCUT2D eigenvalue weighted by molar-refractivity contribution is 14.1. The van der Waals surface area contributed by atoms with Crippen molar-refractivity contribution in [1.29, 1.82) is 0 Å². The number of esters is 1. The molecule has 11 heteroatoms. The van der Waals surface area contributed by atoms with E-state index in [0.29, 0.717) is 28.6 Å². The van der Waals surface area contributed by atoms with Crippen molar-refractivity contribution < 1.29 is 14.3 Å². The Bertz CT molecular complexity index is 807. The van der Waals surface area contributed by atoms with Gasteiger partial charge in [-0.2, -0.15) is 5.10 Å². The van der Waals surface area contributed by atoms with Gasteiger partial charge in [0.25, 0.3) is 0 Å². The lowest BCUT2D eigenvalue weighted by Gasteiger charge is -2.16. The van der Waals surface area contributed by atoms with E-state index in [2.05, 4.69) is 25.7 Å². The topological polar surface area (TPSA) is 114 Å². The molecule has 0 aliphatic carbocycles. The first kappa shape index (κ1) is 16.4. The van der Waals surface area contributed by atoms with Crippen LogP contribution in [0.15, 0.2) is 12.1 Å². The molecule has 2 aromatic heterocycles. The van der Waals surface area contributed by atoms with Gasteiger partial charge in [0.05, 0.1) is 13.7 Å². The van der Waals surface area contributed by atoms with Crippen molar-refractivity contribution in [3.8, 4) is 0 Å². The van der Waals surface area contributed by atoms with E-state index in [9.17, 15) is 9.59 Å². The second kappa shape index (κ2) is 6.59. The minimum absolute atomic E-state index is 0.188. The zero-order valence-corrected chi connectivity index (χ0v) is 15.1. The number of nitrogens with zero attached hydrogens (tertiary/aromatic N) is 5. The van der Waals surface area contributed by atoms with Crippen molar-refractivity contribution in [3.05, 3.63) is 21.7 Å². The lowest BCUT2D eigenvalue weighted by Crippen LogP contribution is -2.25. The Morgan fingerprint density at radius 2 is 2.08 bits per heavy atom. The number of carbonyl (C=O) groups excluding carboxylic acids is 2. The van der Waals surface area contributed by atoms with Crippen molar-refractivity contribution in [1.82, 2.24) is 25.1 Å². The molecule has 0 aromatic carbocycles. The van der Waals surface area contributed by atoms with Gasteiger partial charge in [-0.25, -0.2) is 24.2 Å². The highest BCUT2D eigenvalue weighted by Crippen LogP contribution is 2.31. The van der Waals surface area contributed by atoms with Crippen molar-refractivity contribution in [2.75, 3.05) is 30.9 Å². The van der Waals surface area contributed by atoms with Gasteiger partial charge in [-0.15, -0.1) is 0 Å². The molecule has 0 bridgehead atoms. The Balaban J connectivity index is 1.92. The van der Waals surface area contributed by atoms with Crippen LogP contribution in [0, 0.1) is 3.83 Å². The van der Waals surface area contributed by atoms with Gasteiger partial charge in [-0.3, -0.25) is 5.32 Å². The molecule has 0 atom stereocenters. The summed E-state index contributed by atoms with van der Waals surface area (Å²) in [6, 6.07) is 2.97. The smallest absolute Gasteiger partial charge is 0.356 e. The maximum Gasteiger partial charge on any atom is 0.356 e. The number of urea groups is 1. The summed E-state index contributed by atoms with van der Waals surface area (Å²) in [5.41, 5.74) is 0.188. The van der Waals surface area contributed by atoms with Crippen molar-refractivity contribution in [2.45, 2.75) is 6.54 Å². The molecule has 0 saturated carbocycles. The molecule has 0 fully saturated rings. The fourth-order valence-electron chi connectivity index (χ4n) is 2.32. The van der Waals surface area contributed by atoms with Gasteiger partial charge in [0.1, 0.15) is 11.6 Å². The van der Waals surface area contributed by atoms with E-state index in [0.717, 1.165) is 5.82 Å². The van der Waals surface area contributed by atoms with Gasteiger partial charge in [0.15, 0.2) is 15.3 Å². The Labute approximate surface area is 150 Å². The first-order chi connectivity index (χ1) is 11.5. The van der Waals surface area contributed by atoms with Gasteiger partial charge < -0.3 is 15.0 Å². The summed E-state index contributed by atoms with van der Waals surface area (Å²) in [7, 11) is 2.83. The summed E-state index contributed by atoms with van der Waals surface area (Å²) in [5.74, 6) is 1.25. The predicted molar refractivity (Wildman–Crippen MR) is 93.4 cm³/mol. The van der Waals surface area contributed by atoms with E-state index in [1.54, 1.807) is 16.8 Å². The standard InChI is InChI=1S/C13H14IN7O3/c1-15-13(23)17-8-6-10-20(3-4-21(10)19-8)9-5-7(11(22)24-2)16-12(14)18-9/h5-6H,3-4H2,1-2H3,(H2,15,17,19,23). The molecule has 0 radical (unpaired) electrons. The van der Waals surface area contributed by atoms with E-state index in [-0.39, 0.29) is 11.7 Å². The first-order valence-electron chi connectivity index (χ1n) is 6.99. The number of nitrogens with one attached hydrogen (secondary N) is 2. The number of fused-ring (bicyclic) bond motifs is 1. The monoisotopic (exact) mass is 443 g/mol. The number of carbonyl (C=O) groups is 2. The van der Waals surface area contributed by atoms with Gasteiger partial charge in [-0.1, -0.05) is 0 Å². The van der Waals surface area contributed by atoms with Crippen LogP contribution in [0.2, 0.25) is 0 Å². The van der Waals surface area contributed by atoms with Crippen LogP contribution in [-0.2, 0) is 11.3 Å². The SMILES string of the molecule is CNC(=O)Nc1cc2n(n1)CCN2c1cc(C(=O)OC)nc(I)n1. The molecule has 1 aliphatic heterocycles. The Morgan fingerprint density at radius 3 is 2.79 bits per heavy atom. The van der Waals surface area contributed by atoms with Crippen LogP contribution in [0.1, 0.15) is 10.5 Å². The van der Waals surface area contributed by atoms with E-state index in [4.69, 9.17) is 4.74 Å². The zero-order valence-electron chi connectivity index (χ0n) is 12.9. The zero-order chi connectivity index (χ0) is 17.3. The quantitative estimate of drug-likeness (QED) is 0.413. The number of methoxy groups -OCH3 is 1. The summed E-state index contributed by atoms with van der Waals surface area (Å²) >= 11 is 1.95. The number of ether oxygens (including phenoxy) is 1. The largest absolute Gasteiger partial charge is 0.464 e. The molecule has 2 N–H and O–H groups in total. The summed E-state index contributed by atoms with van der Waals surface area (Å²) in [4.78, 5) is 33.5. The molecule has 0 unspecified atom stereocenters. The second-order valence-corrected chi connectivity index (χ2v) is 5.80. The van der Waals surface area contributed by atoms with E-state index < -0.39 is 5.97 Å². The van der Waals surface area contributed by atoms with Crippen LogP contribution in [0.5, 0.6) is 0 Å². The molecule has 2 amide bonds. The summed E-state index contributed by atoms with van der Waals surface area (Å²) in [6.07, 6.45) is 0. The van der Waals surface area contributed by atoms with Crippen molar-refractivity contribution >= 4 is 52.0 Å². The molecule has 1 aliphatic rings. The number of hydrogen-bond donors (Lipinski definition) is 2. The summed E-state index contributed by atoms with van der Waals surface area (Å²) in [5, 5.41) is 9.41. The summed E-state index contributed by atoms with van der Waals surface area (Å²) in [6.45, 7) is 1.29. The Morgan fingerprint density at radius 1 is 1.29 bits per heavy atom. The highest BCUT2D eigenvalue weighted by Gasteiger charge is 2.26. The van der Waals surface area contributed by atoms with Gasteiger partial charge >= 0.3 is 12.0 Å². The van der Waals surface area contributed by atoms with Crippen molar-refractivity contribution in [3.63, 3.8) is 0 Å². The maximum atomic E-state index is 11.7. The fourth-order valence-corrected chi connectivity index (χ4v) is 2.83. The normalized spacial score (nSPS) is 12.7. The van der Waals surface area contributed by atoms with E-state index in [1.165, 1.54) is 14.2 Å². The number of hydrogen-bond acceptors (Lipinski definition) is 7. The van der Waals surface area contributed by atoms with Gasteiger partial charge in [0, 0.05) is 48.3 Å². The summed E-state index contributed by atoms with van der Waals surface area (Å²) < 4.78 is 6.91. The third-order valence-electron chi connectivity index (χ3n) is 3.40. The number of anilines is 3. The average Bonchev–Trinajstić information content (AvgIpc) is 3.13. The Kier molecular flexibility index (Phi) is 4.51. The minimum Gasteiger partial charge on any atom is -0.464 e. The van der Waals surface area contributed by atoms with Crippen LogP contribution in [0.3, 0.4) is 0 Å². The minimum atomic E-state index is -0.522. The van der Waals surface area contributed by atoms with E-state index in [1.807, 2.05) is 27.5 Å². The molecule has 10 nitrogen and oxygen atoms in total. The molecule has 2 aromatic rings. The van der Waals surface area contributed by atoms with Crippen molar-refractivity contribution in [2.24, 2.45) is 0 Å².